The van der Waals surface area contributed by atoms with Crippen LogP contribution in [0, 0.1) is 0 Å². The van der Waals surface area contributed by atoms with Gasteiger partial charge in [0.25, 0.3) is 0 Å². The van der Waals surface area contributed by atoms with Crippen LogP contribution < -0.4 is 10.6 Å². The van der Waals surface area contributed by atoms with Gasteiger partial charge in [0.1, 0.15) is 5.82 Å². The maximum atomic E-state index is 11.8. The number of carbonyl (C=O) groups is 1. The molecule has 1 aromatic heterocycles. The molecule has 0 bridgehead atoms. The number of hydrogen-bond donors (Lipinski definition) is 2. The molecule has 1 heterocycles. The van der Waals surface area contributed by atoms with Gasteiger partial charge in [0.2, 0.25) is 5.91 Å². The summed E-state index contributed by atoms with van der Waals surface area (Å²) in [5, 5.41) is 10.6. The third-order valence-electron chi connectivity index (χ3n) is 4.02. The van der Waals surface area contributed by atoms with Crippen molar-refractivity contribution in [2.75, 3.05) is 18.9 Å². The Morgan fingerprint density at radius 1 is 1.40 bits per heavy atom. The smallest absolute Gasteiger partial charge is 0.225 e. The zero-order chi connectivity index (χ0) is 14.4. The third kappa shape index (κ3) is 4.07. The predicted octanol–water partition coefficient (Wildman–Crippen LogP) is 2.41. The van der Waals surface area contributed by atoms with E-state index in [0.717, 1.165) is 24.5 Å². The summed E-state index contributed by atoms with van der Waals surface area (Å²) in [6.07, 6.45) is 7.80. The Balaban J connectivity index is 1.91. The molecule has 0 aromatic carbocycles. The molecule has 0 spiro atoms. The van der Waals surface area contributed by atoms with Crippen LogP contribution in [0.1, 0.15) is 56.6 Å². The molecule has 2 rings (SSSR count). The first-order valence-corrected chi connectivity index (χ1v) is 7.69. The van der Waals surface area contributed by atoms with Gasteiger partial charge in [0.15, 0.2) is 0 Å². The second kappa shape index (κ2) is 7.43. The van der Waals surface area contributed by atoms with Gasteiger partial charge in [0, 0.05) is 25.5 Å². The molecule has 1 aliphatic carbocycles. The van der Waals surface area contributed by atoms with E-state index in [2.05, 4.69) is 15.7 Å². The Morgan fingerprint density at radius 2 is 2.15 bits per heavy atom. The van der Waals surface area contributed by atoms with Crippen molar-refractivity contribution in [3.63, 3.8) is 0 Å². The van der Waals surface area contributed by atoms with E-state index in [1.165, 1.54) is 32.1 Å². The van der Waals surface area contributed by atoms with E-state index in [4.69, 9.17) is 0 Å². The quantitative estimate of drug-likeness (QED) is 0.786. The molecule has 0 atom stereocenters. The Morgan fingerprint density at radius 3 is 2.85 bits per heavy atom. The van der Waals surface area contributed by atoms with Crippen molar-refractivity contribution < 1.29 is 4.79 Å². The number of aryl methyl sites for hydroxylation is 1. The van der Waals surface area contributed by atoms with Crippen LogP contribution in [0.5, 0.6) is 0 Å². The Labute approximate surface area is 121 Å². The van der Waals surface area contributed by atoms with E-state index in [0.29, 0.717) is 12.3 Å². The van der Waals surface area contributed by atoms with Crippen molar-refractivity contribution in [2.45, 2.75) is 50.9 Å². The lowest BCUT2D eigenvalue weighted by Crippen LogP contribution is -2.16. The number of nitrogens with zero attached hydrogens (tertiary/aromatic N) is 2. The number of amides is 1. The molecule has 5 nitrogen and oxygen atoms in total. The molecule has 1 aromatic rings. The van der Waals surface area contributed by atoms with Crippen LogP contribution in [0.3, 0.4) is 0 Å². The normalized spacial score (nSPS) is 16.3. The largest absolute Gasteiger partial charge is 0.320 e. The fraction of sp³-hybridized carbons (Fsp3) is 0.733. The predicted molar refractivity (Wildman–Crippen MR) is 80.8 cm³/mol. The molecule has 1 saturated carbocycles. The van der Waals surface area contributed by atoms with Crippen molar-refractivity contribution in [1.29, 1.82) is 0 Å². The van der Waals surface area contributed by atoms with E-state index in [-0.39, 0.29) is 5.91 Å². The van der Waals surface area contributed by atoms with Crippen molar-refractivity contribution in [2.24, 2.45) is 7.05 Å². The van der Waals surface area contributed by atoms with Crippen LogP contribution in [0.2, 0.25) is 0 Å². The third-order valence-corrected chi connectivity index (χ3v) is 4.02. The molecule has 0 saturated heterocycles. The van der Waals surface area contributed by atoms with Crippen LogP contribution in [0.15, 0.2) is 6.07 Å². The first-order chi connectivity index (χ1) is 9.70. The van der Waals surface area contributed by atoms with Gasteiger partial charge in [-0.15, -0.1) is 0 Å². The Kier molecular flexibility index (Phi) is 5.59. The summed E-state index contributed by atoms with van der Waals surface area (Å²) in [4.78, 5) is 11.8. The number of carbonyl (C=O) groups excluding carboxylic acids is 1. The van der Waals surface area contributed by atoms with Crippen molar-refractivity contribution >= 4 is 11.7 Å². The van der Waals surface area contributed by atoms with Gasteiger partial charge in [-0.25, -0.2) is 0 Å². The van der Waals surface area contributed by atoms with Crippen LogP contribution in [0.4, 0.5) is 5.82 Å². The lowest BCUT2D eigenvalue weighted by molar-refractivity contribution is -0.116. The van der Waals surface area contributed by atoms with Crippen LogP contribution in [-0.2, 0) is 11.8 Å². The van der Waals surface area contributed by atoms with Gasteiger partial charge in [0.05, 0.1) is 5.69 Å². The van der Waals surface area contributed by atoms with Gasteiger partial charge in [-0.1, -0.05) is 19.3 Å². The van der Waals surface area contributed by atoms with Gasteiger partial charge in [-0.3, -0.25) is 9.48 Å². The van der Waals surface area contributed by atoms with E-state index in [9.17, 15) is 4.79 Å². The summed E-state index contributed by atoms with van der Waals surface area (Å²) in [5.74, 6) is 1.46. The summed E-state index contributed by atoms with van der Waals surface area (Å²) in [5.41, 5.74) is 1.14. The van der Waals surface area contributed by atoms with Crippen LogP contribution in [-0.4, -0.2) is 29.3 Å². The summed E-state index contributed by atoms with van der Waals surface area (Å²) in [6, 6.07) is 2.05. The molecule has 1 amide bonds. The molecule has 2 N–H and O–H groups in total. The van der Waals surface area contributed by atoms with E-state index in [1.54, 1.807) is 4.68 Å². The molecule has 1 fully saturated rings. The number of hydrogen-bond acceptors (Lipinski definition) is 3. The lowest BCUT2D eigenvalue weighted by Gasteiger charge is -2.19. The minimum Gasteiger partial charge on any atom is -0.320 e. The zero-order valence-corrected chi connectivity index (χ0v) is 12.6. The molecular formula is C15H26N4O. The van der Waals surface area contributed by atoms with E-state index >= 15 is 0 Å². The summed E-state index contributed by atoms with van der Waals surface area (Å²) < 4.78 is 1.79. The molecular weight excluding hydrogens is 252 g/mol. The zero-order valence-electron chi connectivity index (χ0n) is 12.6. The van der Waals surface area contributed by atoms with Gasteiger partial charge in [-0.05, 0) is 32.9 Å². The molecule has 0 aliphatic heterocycles. The summed E-state index contributed by atoms with van der Waals surface area (Å²) in [7, 11) is 3.80. The Bertz CT molecular complexity index is 435. The fourth-order valence-corrected chi connectivity index (χ4v) is 2.84. The highest BCUT2D eigenvalue weighted by molar-refractivity contribution is 5.89. The first-order valence-electron chi connectivity index (χ1n) is 7.69. The molecule has 0 unspecified atom stereocenters. The molecule has 0 radical (unpaired) electrons. The van der Waals surface area contributed by atoms with E-state index in [1.807, 2.05) is 20.2 Å². The van der Waals surface area contributed by atoms with Crippen molar-refractivity contribution in [3.8, 4) is 0 Å². The summed E-state index contributed by atoms with van der Waals surface area (Å²) >= 11 is 0. The monoisotopic (exact) mass is 278 g/mol. The van der Waals surface area contributed by atoms with Gasteiger partial charge >= 0.3 is 0 Å². The number of aromatic nitrogens is 2. The average Bonchev–Trinajstić information content (AvgIpc) is 2.81. The minimum atomic E-state index is 0.0680. The standard InChI is InChI=1S/C15H26N4O/c1-16-10-6-9-15(20)17-14-11-13(18-19(14)2)12-7-4-3-5-8-12/h11-12,16H,3-10H2,1-2H3,(H,17,20). The highest BCUT2D eigenvalue weighted by atomic mass is 16.1. The van der Waals surface area contributed by atoms with Crippen LogP contribution >= 0.6 is 0 Å². The second-order valence-electron chi connectivity index (χ2n) is 5.67. The van der Waals surface area contributed by atoms with Crippen molar-refractivity contribution in [1.82, 2.24) is 15.1 Å². The minimum absolute atomic E-state index is 0.0680. The Hall–Kier alpha value is -1.36. The SMILES string of the molecule is CNCCCC(=O)Nc1cc(C2CCCCC2)nn1C. The topological polar surface area (TPSA) is 59.0 Å². The molecule has 20 heavy (non-hydrogen) atoms. The van der Waals surface area contributed by atoms with E-state index < -0.39 is 0 Å². The number of rotatable bonds is 6. The molecule has 112 valence electrons. The molecule has 1 aliphatic rings. The first kappa shape index (κ1) is 15.0. The highest BCUT2D eigenvalue weighted by Gasteiger charge is 2.19. The highest BCUT2D eigenvalue weighted by Crippen LogP contribution is 2.32. The summed E-state index contributed by atoms with van der Waals surface area (Å²) in [6.45, 7) is 0.867. The maximum absolute atomic E-state index is 11.8. The second-order valence-corrected chi connectivity index (χ2v) is 5.67. The van der Waals surface area contributed by atoms with Crippen molar-refractivity contribution in [3.05, 3.63) is 11.8 Å². The average molecular weight is 278 g/mol. The lowest BCUT2D eigenvalue weighted by atomic mass is 9.87. The number of nitrogens with one attached hydrogen (secondary N) is 2. The van der Waals surface area contributed by atoms with Crippen LogP contribution in [0.25, 0.3) is 0 Å². The maximum Gasteiger partial charge on any atom is 0.225 e. The molecule has 5 heteroatoms. The fourth-order valence-electron chi connectivity index (χ4n) is 2.84. The van der Waals surface area contributed by atoms with Gasteiger partial charge in [-0.2, -0.15) is 5.10 Å². The van der Waals surface area contributed by atoms with Gasteiger partial charge < -0.3 is 10.6 Å². The number of anilines is 1.